The molecule has 0 bridgehead atoms. The molecule has 0 unspecified atom stereocenters. The van der Waals surface area contributed by atoms with Gasteiger partial charge >= 0.3 is 0 Å². The van der Waals surface area contributed by atoms with Gasteiger partial charge in [0.05, 0.1) is 11.8 Å². The van der Waals surface area contributed by atoms with Gasteiger partial charge in [-0.15, -0.1) is 11.8 Å². The summed E-state index contributed by atoms with van der Waals surface area (Å²) < 4.78 is 0. The zero-order valence-corrected chi connectivity index (χ0v) is 9.52. The first-order valence-electron chi connectivity index (χ1n) is 4.51. The van der Waals surface area contributed by atoms with Crippen molar-refractivity contribution in [2.75, 3.05) is 11.1 Å². The van der Waals surface area contributed by atoms with Crippen molar-refractivity contribution in [3.05, 3.63) is 23.8 Å². The molecule has 1 amide bonds. The minimum atomic E-state index is -0.0770. The zero-order valence-electron chi connectivity index (χ0n) is 8.70. The molecule has 1 aromatic rings. The normalized spacial score (nSPS) is 9.40. The van der Waals surface area contributed by atoms with Gasteiger partial charge < -0.3 is 5.32 Å². The van der Waals surface area contributed by atoms with Crippen LogP contribution in [0.25, 0.3) is 0 Å². The summed E-state index contributed by atoms with van der Waals surface area (Å²) in [4.78, 5) is 11.9. The summed E-state index contributed by atoms with van der Waals surface area (Å²) in [6.07, 6.45) is 0. The number of rotatable bonds is 3. The lowest BCUT2D eigenvalue weighted by molar-refractivity contribution is -0.114. The van der Waals surface area contributed by atoms with Crippen molar-refractivity contribution in [3.8, 4) is 6.07 Å². The van der Waals surface area contributed by atoms with Crippen molar-refractivity contribution in [2.24, 2.45) is 0 Å². The highest BCUT2D eigenvalue weighted by Crippen LogP contribution is 2.24. The fourth-order valence-corrected chi connectivity index (χ4v) is 1.87. The van der Waals surface area contributed by atoms with Crippen LogP contribution in [0.15, 0.2) is 23.1 Å². The Kier molecular flexibility index (Phi) is 4.19. The van der Waals surface area contributed by atoms with Crippen molar-refractivity contribution >= 4 is 23.4 Å². The summed E-state index contributed by atoms with van der Waals surface area (Å²) in [5.74, 6) is 0.368. The van der Waals surface area contributed by atoms with E-state index < -0.39 is 0 Å². The Hall–Kier alpha value is -1.47. The average molecular weight is 220 g/mol. The lowest BCUT2D eigenvalue weighted by Crippen LogP contribution is -2.05. The molecule has 0 aliphatic carbocycles. The number of nitriles is 1. The summed E-state index contributed by atoms with van der Waals surface area (Å²) >= 11 is 1.50. The van der Waals surface area contributed by atoms with E-state index in [0.717, 1.165) is 16.1 Å². The molecule has 0 fully saturated rings. The number of anilines is 1. The molecule has 1 aromatic carbocycles. The molecule has 0 aromatic heterocycles. The Morgan fingerprint density at radius 2 is 2.33 bits per heavy atom. The second-order valence-corrected chi connectivity index (χ2v) is 4.13. The van der Waals surface area contributed by atoms with Crippen LogP contribution in [0, 0.1) is 18.3 Å². The van der Waals surface area contributed by atoms with Crippen LogP contribution in [0.4, 0.5) is 5.69 Å². The van der Waals surface area contributed by atoms with Crippen LogP contribution < -0.4 is 5.32 Å². The molecule has 4 heteroatoms. The molecular weight excluding hydrogens is 208 g/mol. The SMILES string of the molecule is CC(=O)Nc1ccc(SCC#N)c(C)c1. The molecule has 0 aliphatic rings. The third-order valence-electron chi connectivity index (χ3n) is 1.79. The topological polar surface area (TPSA) is 52.9 Å². The molecule has 0 saturated carbocycles. The number of thioether (sulfide) groups is 1. The summed E-state index contributed by atoms with van der Waals surface area (Å²) in [6.45, 7) is 3.44. The summed E-state index contributed by atoms with van der Waals surface area (Å²) in [5, 5.41) is 11.2. The maximum atomic E-state index is 10.8. The van der Waals surface area contributed by atoms with Gasteiger partial charge in [0.1, 0.15) is 0 Å². The van der Waals surface area contributed by atoms with Crippen molar-refractivity contribution in [1.82, 2.24) is 0 Å². The van der Waals surface area contributed by atoms with E-state index in [4.69, 9.17) is 5.26 Å². The van der Waals surface area contributed by atoms with Crippen molar-refractivity contribution in [1.29, 1.82) is 5.26 Å². The second-order valence-electron chi connectivity index (χ2n) is 3.11. The molecule has 0 spiro atoms. The van der Waals surface area contributed by atoms with Crippen LogP contribution in [-0.4, -0.2) is 11.7 Å². The number of hydrogen-bond donors (Lipinski definition) is 1. The van der Waals surface area contributed by atoms with E-state index in [2.05, 4.69) is 11.4 Å². The van der Waals surface area contributed by atoms with Crippen LogP contribution >= 0.6 is 11.8 Å². The zero-order chi connectivity index (χ0) is 11.3. The number of benzene rings is 1. The maximum Gasteiger partial charge on any atom is 0.221 e. The molecule has 0 heterocycles. The van der Waals surface area contributed by atoms with Crippen molar-refractivity contribution < 1.29 is 4.79 Å². The van der Waals surface area contributed by atoms with E-state index in [1.165, 1.54) is 18.7 Å². The average Bonchev–Trinajstić information content (AvgIpc) is 2.15. The van der Waals surface area contributed by atoms with Gasteiger partial charge in [0.15, 0.2) is 0 Å². The Morgan fingerprint density at radius 3 is 2.87 bits per heavy atom. The van der Waals surface area contributed by atoms with Crippen LogP contribution in [0.5, 0.6) is 0 Å². The number of nitrogens with one attached hydrogen (secondary N) is 1. The molecule has 3 nitrogen and oxygen atoms in total. The Labute approximate surface area is 93.5 Å². The highest BCUT2D eigenvalue weighted by atomic mass is 32.2. The molecule has 1 N–H and O–H groups in total. The molecule has 15 heavy (non-hydrogen) atoms. The van der Waals surface area contributed by atoms with Gasteiger partial charge in [0, 0.05) is 17.5 Å². The van der Waals surface area contributed by atoms with E-state index in [1.807, 2.05) is 25.1 Å². The smallest absolute Gasteiger partial charge is 0.221 e. The van der Waals surface area contributed by atoms with Gasteiger partial charge in [-0.1, -0.05) is 0 Å². The second kappa shape index (κ2) is 5.42. The Morgan fingerprint density at radius 1 is 1.60 bits per heavy atom. The van der Waals surface area contributed by atoms with Gasteiger partial charge in [-0.2, -0.15) is 5.26 Å². The van der Waals surface area contributed by atoms with E-state index >= 15 is 0 Å². The highest BCUT2D eigenvalue weighted by molar-refractivity contribution is 7.99. The first kappa shape index (κ1) is 11.6. The Bertz CT molecular complexity index is 410. The maximum absolute atomic E-state index is 10.8. The monoisotopic (exact) mass is 220 g/mol. The lowest BCUT2D eigenvalue weighted by atomic mass is 10.2. The number of amides is 1. The predicted molar refractivity (Wildman–Crippen MR) is 61.8 cm³/mol. The van der Waals surface area contributed by atoms with E-state index in [0.29, 0.717) is 5.75 Å². The van der Waals surface area contributed by atoms with Crippen LogP contribution in [0.2, 0.25) is 0 Å². The van der Waals surface area contributed by atoms with Crippen molar-refractivity contribution in [3.63, 3.8) is 0 Å². The lowest BCUT2D eigenvalue weighted by Gasteiger charge is -2.06. The van der Waals surface area contributed by atoms with Crippen molar-refractivity contribution in [2.45, 2.75) is 18.7 Å². The van der Waals surface area contributed by atoms with Gasteiger partial charge in [-0.05, 0) is 30.7 Å². The molecular formula is C11H12N2OS. The molecule has 0 radical (unpaired) electrons. The first-order valence-corrected chi connectivity index (χ1v) is 5.50. The largest absolute Gasteiger partial charge is 0.326 e. The predicted octanol–water partition coefficient (Wildman–Crippen LogP) is 2.57. The number of aryl methyl sites for hydroxylation is 1. The van der Waals surface area contributed by atoms with E-state index in [9.17, 15) is 4.79 Å². The number of carbonyl (C=O) groups excluding carboxylic acids is 1. The third kappa shape index (κ3) is 3.64. The van der Waals surface area contributed by atoms with E-state index in [-0.39, 0.29) is 5.91 Å². The van der Waals surface area contributed by atoms with Gasteiger partial charge in [-0.25, -0.2) is 0 Å². The summed E-state index contributed by atoms with van der Waals surface area (Å²) in [5.41, 5.74) is 1.86. The number of carbonyl (C=O) groups is 1. The molecule has 78 valence electrons. The first-order chi connectivity index (χ1) is 7.13. The summed E-state index contributed by atoms with van der Waals surface area (Å²) in [7, 11) is 0. The van der Waals surface area contributed by atoms with Gasteiger partial charge in [-0.3, -0.25) is 4.79 Å². The fraction of sp³-hybridized carbons (Fsp3) is 0.273. The molecule has 1 rings (SSSR count). The van der Waals surface area contributed by atoms with Crippen LogP contribution in [0.1, 0.15) is 12.5 Å². The Balaban J connectivity index is 2.79. The molecule has 0 saturated heterocycles. The van der Waals surface area contributed by atoms with E-state index in [1.54, 1.807) is 0 Å². The van der Waals surface area contributed by atoms with Crippen LogP contribution in [0.3, 0.4) is 0 Å². The standard InChI is InChI=1S/C11H12N2OS/c1-8-7-10(13-9(2)14)3-4-11(8)15-6-5-12/h3-4,7H,6H2,1-2H3,(H,13,14). The quantitative estimate of drug-likeness (QED) is 0.796. The third-order valence-corrected chi connectivity index (χ3v) is 2.83. The minimum absolute atomic E-state index is 0.0770. The minimum Gasteiger partial charge on any atom is -0.326 e. The molecule has 0 aliphatic heterocycles. The summed E-state index contributed by atoms with van der Waals surface area (Å²) in [6, 6.07) is 7.75. The number of hydrogen-bond acceptors (Lipinski definition) is 3. The highest BCUT2D eigenvalue weighted by Gasteiger charge is 2.01. The fourth-order valence-electron chi connectivity index (χ4n) is 1.20. The number of nitrogens with zero attached hydrogens (tertiary/aromatic N) is 1. The molecule has 0 atom stereocenters. The van der Waals surface area contributed by atoms with Crippen LogP contribution in [-0.2, 0) is 4.79 Å². The van der Waals surface area contributed by atoms with Gasteiger partial charge in [0.2, 0.25) is 5.91 Å². The van der Waals surface area contributed by atoms with Gasteiger partial charge in [0.25, 0.3) is 0 Å².